The van der Waals surface area contributed by atoms with Crippen molar-refractivity contribution < 1.29 is 4.74 Å². The van der Waals surface area contributed by atoms with Crippen LogP contribution >= 0.6 is 0 Å². The summed E-state index contributed by atoms with van der Waals surface area (Å²) in [5.41, 5.74) is 4.74. The van der Waals surface area contributed by atoms with Crippen molar-refractivity contribution in [1.29, 1.82) is 0 Å². The van der Waals surface area contributed by atoms with Gasteiger partial charge in [0, 0.05) is 5.69 Å². The van der Waals surface area contributed by atoms with Crippen LogP contribution < -0.4 is 4.74 Å². The molecule has 2 nitrogen and oxygen atoms in total. The second-order valence-corrected chi connectivity index (χ2v) is 4.49. The van der Waals surface area contributed by atoms with Gasteiger partial charge in [0.25, 0.3) is 0 Å². The van der Waals surface area contributed by atoms with Crippen molar-refractivity contribution in [2.75, 3.05) is 0 Å². The number of allylic oxidation sites excluding steroid dienone is 1. The molecule has 0 aliphatic rings. The van der Waals surface area contributed by atoms with Gasteiger partial charge in [-0.05, 0) is 50.6 Å². The number of aryl methyl sites for hydroxylation is 2. The fourth-order valence-corrected chi connectivity index (χ4v) is 1.86. The Bertz CT molecular complexity index is 535. The van der Waals surface area contributed by atoms with Gasteiger partial charge in [0.2, 0.25) is 0 Å². The van der Waals surface area contributed by atoms with Crippen LogP contribution in [0, 0.1) is 13.8 Å². The minimum Gasteiger partial charge on any atom is -0.487 e. The van der Waals surface area contributed by atoms with Crippen LogP contribution in [0.1, 0.15) is 43.3 Å². The highest BCUT2D eigenvalue weighted by Gasteiger charge is 2.02. The van der Waals surface area contributed by atoms with Crippen molar-refractivity contribution in [1.82, 2.24) is 4.98 Å². The average molecular weight is 271 g/mol. The van der Waals surface area contributed by atoms with Crippen LogP contribution in [0.25, 0.3) is 6.08 Å². The quantitative estimate of drug-likeness (QED) is 0.805. The number of aromatic amines is 1. The molecule has 0 radical (unpaired) electrons. The molecule has 2 rings (SSSR count). The molecular formula is C18H25NO. The zero-order valence-corrected chi connectivity index (χ0v) is 13.2. The third-order valence-corrected chi connectivity index (χ3v) is 2.86. The second kappa shape index (κ2) is 8.26. The predicted molar refractivity (Wildman–Crippen MR) is 87.1 cm³/mol. The Labute approximate surface area is 122 Å². The first-order chi connectivity index (χ1) is 9.69. The first-order valence-corrected chi connectivity index (χ1v) is 7.19. The van der Waals surface area contributed by atoms with E-state index in [-0.39, 0.29) is 0 Å². The third-order valence-electron chi connectivity index (χ3n) is 2.86. The Hall–Kier alpha value is -1.96. The highest BCUT2D eigenvalue weighted by atomic mass is 16.5. The molecule has 1 aromatic heterocycles. The summed E-state index contributed by atoms with van der Waals surface area (Å²) < 4.78 is 5.74. The van der Waals surface area contributed by atoms with Crippen molar-refractivity contribution in [3.8, 4) is 5.75 Å². The predicted octanol–water partition coefficient (Wildman–Crippen LogP) is 5.27. The van der Waals surface area contributed by atoms with E-state index in [1.54, 1.807) is 0 Å². The molecule has 1 aromatic carbocycles. The van der Waals surface area contributed by atoms with Gasteiger partial charge in [0.05, 0.1) is 5.69 Å². The maximum atomic E-state index is 5.74. The van der Waals surface area contributed by atoms with E-state index in [0.29, 0.717) is 6.61 Å². The highest BCUT2D eigenvalue weighted by molar-refractivity contribution is 5.50. The van der Waals surface area contributed by atoms with Crippen molar-refractivity contribution in [2.45, 2.75) is 41.2 Å². The fraction of sp³-hybridized carbons (Fsp3) is 0.333. The fourth-order valence-electron chi connectivity index (χ4n) is 1.86. The van der Waals surface area contributed by atoms with Gasteiger partial charge in [-0.15, -0.1) is 0 Å². The average Bonchev–Trinajstić information content (AvgIpc) is 2.81. The lowest BCUT2D eigenvalue weighted by molar-refractivity contribution is 0.302. The summed E-state index contributed by atoms with van der Waals surface area (Å²) in [6, 6.07) is 10.2. The normalized spacial score (nSPS) is 10.2. The summed E-state index contributed by atoms with van der Waals surface area (Å²) in [4.78, 5) is 3.35. The van der Waals surface area contributed by atoms with E-state index in [4.69, 9.17) is 4.74 Å². The van der Waals surface area contributed by atoms with Gasteiger partial charge >= 0.3 is 0 Å². The maximum absolute atomic E-state index is 5.74. The topological polar surface area (TPSA) is 25.0 Å². The molecule has 0 saturated heterocycles. The number of hydrogen-bond donors (Lipinski definition) is 1. The molecule has 0 aliphatic carbocycles. The molecule has 0 spiro atoms. The largest absolute Gasteiger partial charge is 0.487 e. The zero-order chi connectivity index (χ0) is 15.0. The number of benzene rings is 1. The minimum atomic E-state index is 0.571. The Kier molecular flexibility index (Phi) is 6.65. The first kappa shape index (κ1) is 16.1. The number of hydrogen-bond acceptors (Lipinski definition) is 1. The second-order valence-electron chi connectivity index (χ2n) is 4.49. The van der Waals surface area contributed by atoms with E-state index >= 15 is 0 Å². The van der Waals surface area contributed by atoms with Crippen LogP contribution in [0.2, 0.25) is 0 Å². The minimum absolute atomic E-state index is 0.571. The molecular weight excluding hydrogens is 246 g/mol. The molecule has 0 amide bonds. The first-order valence-electron chi connectivity index (χ1n) is 7.19. The molecule has 0 unspecified atom stereocenters. The summed E-state index contributed by atoms with van der Waals surface area (Å²) in [6.45, 7) is 10.8. The Morgan fingerprint density at radius 1 is 1.10 bits per heavy atom. The van der Waals surface area contributed by atoms with E-state index in [1.807, 2.05) is 39.0 Å². The van der Waals surface area contributed by atoms with E-state index < -0.39 is 0 Å². The van der Waals surface area contributed by atoms with Crippen molar-refractivity contribution in [3.63, 3.8) is 0 Å². The summed E-state index contributed by atoms with van der Waals surface area (Å²) in [5.74, 6) is 0.903. The van der Waals surface area contributed by atoms with E-state index in [9.17, 15) is 0 Å². The van der Waals surface area contributed by atoms with E-state index in [2.05, 4.69) is 43.1 Å². The standard InChI is InChI=1S/C16H19NO.C2H6/c1-4-5-16-13(3)10-14(17-16)11-18-15-8-6-12(2)7-9-15;1-2/h4-10,17H,11H2,1-3H3;1-2H3/b5-4-;. The molecule has 1 N–H and O–H groups in total. The van der Waals surface area contributed by atoms with Crippen molar-refractivity contribution in [2.24, 2.45) is 0 Å². The molecule has 0 fully saturated rings. The molecule has 20 heavy (non-hydrogen) atoms. The van der Waals surface area contributed by atoms with Gasteiger partial charge in [0.1, 0.15) is 12.4 Å². The van der Waals surface area contributed by atoms with Gasteiger partial charge in [0.15, 0.2) is 0 Å². The number of rotatable bonds is 4. The highest BCUT2D eigenvalue weighted by Crippen LogP contribution is 2.16. The summed E-state index contributed by atoms with van der Waals surface area (Å²) >= 11 is 0. The van der Waals surface area contributed by atoms with Gasteiger partial charge < -0.3 is 9.72 Å². The van der Waals surface area contributed by atoms with Crippen molar-refractivity contribution in [3.05, 3.63) is 58.9 Å². The molecule has 0 saturated carbocycles. The number of aromatic nitrogens is 1. The summed E-state index contributed by atoms with van der Waals surface area (Å²) in [7, 11) is 0. The number of ether oxygens (including phenoxy) is 1. The molecule has 0 bridgehead atoms. The lowest BCUT2D eigenvalue weighted by atomic mass is 10.2. The van der Waals surface area contributed by atoms with Gasteiger partial charge in [-0.25, -0.2) is 0 Å². The van der Waals surface area contributed by atoms with E-state index in [0.717, 1.165) is 17.1 Å². The Morgan fingerprint density at radius 3 is 2.35 bits per heavy atom. The molecule has 1 heterocycles. The van der Waals surface area contributed by atoms with Crippen LogP contribution in [0.5, 0.6) is 5.75 Å². The molecule has 2 heteroatoms. The zero-order valence-electron chi connectivity index (χ0n) is 13.2. The Balaban J connectivity index is 0.000000956. The molecule has 0 atom stereocenters. The van der Waals surface area contributed by atoms with Crippen LogP contribution in [-0.4, -0.2) is 4.98 Å². The van der Waals surface area contributed by atoms with Gasteiger partial charge in [-0.3, -0.25) is 0 Å². The number of H-pyrrole nitrogens is 1. The SMILES string of the molecule is C/C=C\c1[nH]c(COc2ccc(C)cc2)cc1C.CC. The molecule has 108 valence electrons. The van der Waals surface area contributed by atoms with Crippen LogP contribution in [-0.2, 0) is 6.61 Å². The number of nitrogens with one attached hydrogen (secondary N) is 1. The monoisotopic (exact) mass is 271 g/mol. The third kappa shape index (κ3) is 4.61. The maximum Gasteiger partial charge on any atom is 0.128 e. The van der Waals surface area contributed by atoms with Crippen LogP contribution in [0.15, 0.2) is 36.4 Å². The summed E-state index contributed by atoms with van der Waals surface area (Å²) in [6.07, 6.45) is 4.11. The van der Waals surface area contributed by atoms with E-state index in [1.165, 1.54) is 11.1 Å². The van der Waals surface area contributed by atoms with Crippen molar-refractivity contribution >= 4 is 6.08 Å². The summed E-state index contributed by atoms with van der Waals surface area (Å²) in [5, 5.41) is 0. The smallest absolute Gasteiger partial charge is 0.128 e. The van der Waals surface area contributed by atoms with Gasteiger partial charge in [-0.1, -0.05) is 37.6 Å². The lowest BCUT2D eigenvalue weighted by Gasteiger charge is -2.04. The molecule has 2 aromatic rings. The van der Waals surface area contributed by atoms with Gasteiger partial charge in [-0.2, -0.15) is 0 Å². The van der Waals surface area contributed by atoms with Crippen LogP contribution in [0.4, 0.5) is 0 Å². The molecule has 0 aliphatic heterocycles. The van der Waals surface area contributed by atoms with Crippen LogP contribution in [0.3, 0.4) is 0 Å². The Morgan fingerprint density at radius 2 is 1.75 bits per heavy atom. The lowest BCUT2D eigenvalue weighted by Crippen LogP contribution is -1.95.